The van der Waals surface area contributed by atoms with Crippen LogP contribution >= 0.6 is 0 Å². The van der Waals surface area contributed by atoms with E-state index in [-0.39, 0.29) is 18.5 Å². The Morgan fingerprint density at radius 2 is 2.27 bits per heavy atom. The molecule has 1 aliphatic heterocycles. The highest BCUT2D eigenvalue weighted by Crippen LogP contribution is 2.32. The molecule has 1 saturated heterocycles. The van der Waals surface area contributed by atoms with Crippen molar-refractivity contribution in [2.75, 3.05) is 13.1 Å². The molecule has 2 aromatic rings. The van der Waals surface area contributed by atoms with E-state index in [1.54, 1.807) is 17.3 Å². The number of nitrogens with two attached hydrogens (primary N) is 1. The molecule has 1 aliphatic rings. The first kappa shape index (κ1) is 14.6. The first-order valence-corrected chi connectivity index (χ1v) is 7.36. The first-order valence-electron chi connectivity index (χ1n) is 7.36. The van der Waals surface area contributed by atoms with Crippen molar-refractivity contribution in [1.29, 1.82) is 0 Å². The number of hydrogen-bond donors (Lipinski definition) is 1. The van der Waals surface area contributed by atoms with Crippen LogP contribution in [-0.2, 0) is 4.79 Å². The maximum Gasteiger partial charge on any atom is 0.236 e. The average Bonchev–Trinajstić information content (AvgIpc) is 3.14. The quantitative estimate of drug-likeness (QED) is 0.919. The molecule has 7 heteroatoms. The van der Waals surface area contributed by atoms with Crippen molar-refractivity contribution >= 4 is 5.91 Å². The Bertz CT molecular complexity index is 677. The minimum atomic E-state index is -0.0519. The lowest BCUT2D eigenvalue weighted by atomic mass is 10.1. The summed E-state index contributed by atoms with van der Waals surface area (Å²) >= 11 is 0. The molecule has 0 spiro atoms. The number of carbonyl (C=O) groups excluding carboxylic acids is 1. The summed E-state index contributed by atoms with van der Waals surface area (Å²) in [6, 6.07) is -0.0519. The van der Waals surface area contributed by atoms with Gasteiger partial charge in [-0.15, -0.1) is 0 Å². The van der Waals surface area contributed by atoms with Crippen molar-refractivity contribution < 1.29 is 9.32 Å². The number of likely N-dealkylation sites (tertiary alicyclic amines) is 1. The molecule has 0 bridgehead atoms. The van der Waals surface area contributed by atoms with Gasteiger partial charge in [0.05, 0.1) is 47.6 Å². The highest BCUT2D eigenvalue weighted by molar-refractivity contribution is 5.78. The summed E-state index contributed by atoms with van der Waals surface area (Å²) < 4.78 is 5.19. The van der Waals surface area contributed by atoms with E-state index in [4.69, 9.17) is 10.3 Å². The van der Waals surface area contributed by atoms with Crippen LogP contribution in [-0.4, -0.2) is 39.0 Å². The van der Waals surface area contributed by atoms with E-state index in [9.17, 15) is 4.79 Å². The van der Waals surface area contributed by atoms with Gasteiger partial charge in [0, 0.05) is 6.54 Å². The molecule has 0 saturated carbocycles. The molecule has 0 unspecified atom stereocenters. The predicted octanol–water partition coefficient (Wildman–Crippen LogP) is 1.37. The van der Waals surface area contributed by atoms with Gasteiger partial charge in [-0.1, -0.05) is 5.16 Å². The SMILES string of the molecule is Cc1noc(C)c1-c1cncc([C@@H]2CCCN2C(=O)CN)n1. The first-order chi connectivity index (χ1) is 10.6. The molecule has 22 heavy (non-hydrogen) atoms. The van der Waals surface area contributed by atoms with E-state index < -0.39 is 0 Å². The fourth-order valence-electron chi connectivity index (χ4n) is 3.00. The Kier molecular flexibility index (Phi) is 3.89. The molecule has 116 valence electrons. The Morgan fingerprint density at radius 1 is 1.45 bits per heavy atom. The summed E-state index contributed by atoms with van der Waals surface area (Å²) in [5.41, 5.74) is 8.65. The van der Waals surface area contributed by atoms with Gasteiger partial charge in [-0.25, -0.2) is 4.98 Å². The number of amides is 1. The van der Waals surface area contributed by atoms with E-state index >= 15 is 0 Å². The lowest BCUT2D eigenvalue weighted by Crippen LogP contribution is -2.35. The van der Waals surface area contributed by atoms with Gasteiger partial charge < -0.3 is 15.2 Å². The zero-order chi connectivity index (χ0) is 15.7. The zero-order valence-corrected chi connectivity index (χ0v) is 12.7. The second-order valence-corrected chi connectivity index (χ2v) is 5.48. The van der Waals surface area contributed by atoms with Gasteiger partial charge in [-0.05, 0) is 26.7 Å². The topological polar surface area (TPSA) is 98.1 Å². The van der Waals surface area contributed by atoms with Crippen molar-refractivity contribution in [3.05, 3.63) is 29.5 Å². The van der Waals surface area contributed by atoms with E-state index in [1.165, 1.54) is 0 Å². The number of aryl methyl sites for hydroxylation is 2. The fourth-order valence-corrected chi connectivity index (χ4v) is 3.00. The van der Waals surface area contributed by atoms with Gasteiger partial charge in [-0.2, -0.15) is 0 Å². The van der Waals surface area contributed by atoms with Crippen LogP contribution in [0.25, 0.3) is 11.3 Å². The van der Waals surface area contributed by atoms with Crippen LogP contribution in [0.1, 0.15) is 36.0 Å². The summed E-state index contributed by atoms with van der Waals surface area (Å²) in [6.07, 6.45) is 5.24. The van der Waals surface area contributed by atoms with Crippen LogP contribution in [0.3, 0.4) is 0 Å². The third-order valence-electron chi connectivity index (χ3n) is 4.03. The molecule has 3 heterocycles. The van der Waals surface area contributed by atoms with Crippen molar-refractivity contribution in [3.8, 4) is 11.3 Å². The maximum absolute atomic E-state index is 11.9. The summed E-state index contributed by atoms with van der Waals surface area (Å²) in [5.74, 6) is 0.664. The summed E-state index contributed by atoms with van der Waals surface area (Å²) in [7, 11) is 0. The van der Waals surface area contributed by atoms with Crippen LogP contribution in [0.2, 0.25) is 0 Å². The molecule has 0 aliphatic carbocycles. The average molecular weight is 301 g/mol. The third-order valence-corrected chi connectivity index (χ3v) is 4.03. The number of carbonyl (C=O) groups is 1. The van der Waals surface area contributed by atoms with Crippen molar-refractivity contribution in [1.82, 2.24) is 20.0 Å². The molecule has 3 rings (SSSR count). The molecule has 0 aromatic carbocycles. The lowest BCUT2D eigenvalue weighted by Gasteiger charge is -2.23. The second-order valence-electron chi connectivity index (χ2n) is 5.48. The molecule has 2 aromatic heterocycles. The number of hydrogen-bond acceptors (Lipinski definition) is 6. The van der Waals surface area contributed by atoms with E-state index in [2.05, 4.69) is 15.1 Å². The van der Waals surface area contributed by atoms with Crippen LogP contribution in [0.15, 0.2) is 16.9 Å². The highest BCUT2D eigenvalue weighted by atomic mass is 16.5. The van der Waals surface area contributed by atoms with Gasteiger partial charge >= 0.3 is 0 Å². The summed E-state index contributed by atoms with van der Waals surface area (Å²) in [6.45, 7) is 4.47. The number of aromatic nitrogens is 3. The predicted molar refractivity (Wildman–Crippen MR) is 79.7 cm³/mol. The van der Waals surface area contributed by atoms with E-state index in [1.807, 2.05) is 13.8 Å². The van der Waals surface area contributed by atoms with Crippen molar-refractivity contribution in [2.24, 2.45) is 5.73 Å². The maximum atomic E-state index is 11.9. The van der Waals surface area contributed by atoms with Gasteiger partial charge in [-0.3, -0.25) is 9.78 Å². The Labute approximate surface area is 128 Å². The molecule has 0 radical (unpaired) electrons. The van der Waals surface area contributed by atoms with Crippen LogP contribution in [0.4, 0.5) is 0 Å². The molecule has 2 N–H and O–H groups in total. The Hall–Kier alpha value is -2.28. The molecule has 1 amide bonds. The standard InChI is InChI=1S/C15H19N5O2/c1-9-15(10(2)22-19-9)12-8-17-7-11(18-12)13-4-3-5-20(13)14(21)6-16/h7-8,13H,3-6,16H2,1-2H3/t13-/m0/s1. The van der Waals surface area contributed by atoms with Crippen LogP contribution in [0, 0.1) is 13.8 Å². The summed E-state index contributed by atoms with van der Waals surface area (Å²) in [5, 5.41) is 3.95. The van der Waals surface area contributed by atoms with Gasteiger partial charge in [0.25, 0.3) is 0 Å². The van der Waals surface area contributed by atoms with Crippen molar-refractivity contribution in [2.45, 2.75) is 32.7 Å². The van der Waals surface area contributed by atoms with Crippen molar-refractivity contribution in [3.63, 3.8) is 0 Å². The normalized spacial score (nSPS) is 18.0. The Balaban J connectivity index is 1.96. The Morgan fingerprint density at radius 3 is 2.95 bits per heavy atom. The lowest BCUT2D eigenvalue weighted by molar-refractivity contribution is -0.130. The number of rotatable bonds is 3. The minimum absolute atomic E-state index is 0.0213. The highest BCUT2D eigenvalue weighted by Gasteiger charge is 2.30. The summed E-state index contributed by atoms with van der Waals surface area (Å²) in [4.78, 5) is 22.7. The molecular formula is C15H19N5O2. The second kappa shape index (κ2) is 5.84. The molecular weight excluding hydrogens is 282 g/mol. The third kappa shape index (κ3) is 2.48. The fraction of sp³-hybridized carbons (Fsp3) is 0.467. The number of nitrogens with zero attached hydrogens (tertiary/aromatic N) is 4. The van der Waals surface area contributed by atoms with Crippen LogP contribution in [0.5, 0.6) is 0 Å². The monoisotopic (exact) mass is 301 g/mol. The molecule has 7 nitrogen and oxygen atoms in total. The van der Waals surface area contributed by atoms with Gasteiger partial charge in [0.1, 0.15) is 5.76 Å². The van der Waals surface area contributed by atoms with E-state index in [0.717, 1.165) is 42.0 Å². The smallest absolute Gasteiger partial charge is 0.236 e. The van der Waals surface area contributed by atoms with E-state index in [0.29, 0.717) is 5.76 Å². The largest absolute Gasteiger partial charge is 0.361 e. The molecule has 1 atom stereocenters. The minimum Gasteiger partial charge on any atom is -0.361 e. The zero-order valence-electron chi connectivity index (χ0n) is 12.7. The van der Waals surface area contributed by atoms with Gasteiger partial charge in [0.2, 0.25) is 5.91 Å². The van der Waals surface area contributed by atoms with Crippen LogP contribution < -0.4 is 5.73 Å². The molecule has 1 fully saturated rings. The van der Waals surface area contributed by atoms with Gasteiger partial charge in [0.15, 0.2) is 0 Å².